The molecule has 1 atom stereocenters. The molecule has 194 valence electrons. The Morgan fingerprint density at radius 2 is 1.42 bits per heavy atom. The third-order valence-electron chi connectivity index (χ3n) is 7.14. The highest BCUT2D eigenvalue weighted by Crippen LogP contribution is 2.42. The van der Waals surface area contributed by atoms with Gasteiger partial charge in [-0.1, -0.05) is 115 Å². The second-order valence-corrected chi connectivity index (χ2v) is 9.70. The first-order valence-electron chi connectivity index (χ1n) is 13.2. The van der Waals surface area contributed by atoms with E-state index in [-0.39, 0.29) is 31.3 Å². The van der Waals surface area contributed by atoms with Crippen molar-refractivity contribution in [1.29, 1.82) is 0 Å². The average Bonchev–Trinajstić information content (AvgIpc) is 3.60. The van der Waals surface area contributed by atoms with Gasteiger partial charge in [-0.05, 0) is 27.8 Å². The molecule has 1 fully saturated rings. The van der Waals surface area contributed by atoms with E-state index in [9.17, 15) is 9.90 Å². The van der Waals surface area contributed by atoms with Crippen molar-refractivity contribution in [3.8, 4) is 0 Å². The zero-order valence-corrected chi connectivity index (χ0v) is 21.4. The first kappa shape index (κ1) is 25.9. The maximum atomic E-state index is 12.5. The number of benzene rings is 3. The topological polar surface area (TPSA) is 61.8 Å². The molecule has 5 heteroatoms. The van der Waals surface area contributed by atoms with E-state index in [1.54, 1.807) is 4.90 Å². The molecule has 3 aliphatic rings. The molecular weight excluding hydrogens is 472 g/mol. The number of carbonyl (C=O) groups excluding carboxylic acids is 1. The van der Waals surface area contributed by atoms with E-state index in [0.29, 0.717) is 25.6 Å². The molecule has 38 heavy (non-hydrogen) atoms. The van der Waals surface area contributed by atoms with Crippen LogP contribution in [0.1, 0.15) is 28.7 Å². The summed E-state index contributed by atoms with van der Waals surface area (Å²) >= 11 is 0. The number of nitrogens with one attached hydrogen (secondary N) is 1. The lowest BCUT2D eigenvalue weighted by atomic mass is 9.93. The number of nitrogens with zero attached hydrogens (tertiary/aromatic N) is 1. The summed E-state index contributed by atoms with van der Waals surface area (Å²) in [5, 5.41) is 12.5. The minimum absolute atomic E-state index is 0.0204. The summed E-state index contributed by atoms with van der Waals surface area (Å²) in [7, 11) is 0. The van der Waals surface area contributed by atoms with E-state index in [1.165, 1.54) is 16.7 Å². The van der Waals surface area contributed by atoms with Gasteiger partial charge in [-0.3, -0.25) is 4.79 Å². The number of ether oxygens (including phenoxy) is 1. The van der Waals surface area contributed by atoms with Gasteiger partial charge in [-0.25, -0.2) is 0 Å². The van der Waals surface area contributed by atoms with Gasteiger partial charge in [0.05, 0.1) is 6.61 Å². The van der Waals surface area contributed by atoms with Crippen LogP contribution in [0.3, 0.4) is 0 Å². The van der Waals surface area contributed by atoms with Crippen LogP contribution >= 0.6 is 0 Å². The molecule has 0 saturated carbocycles. The van der Waals surface area contributed by atoms with E-state index < -0.39 is 0 Å². The van der Waals surface area contributed by atoms with Gasteiger partial charge in [0.1, 0.15) is 12.7 Å². The minimum Gasteiger partial charge on any atom is -0.395 e. The number of amides is 1. The summed E-state index contributed by atoms with van der Waals surface area (Å²) in [4.78, 5) is 14.3. The molecule has 2 aliphatic carbocycles. The standard InChI is InChI=1S/C20H24N2O3.C13H10/c23-14-18-13-22(12-11-21-18)19(24)15-25-20(16-7-3-1-4-8-16)17-9-5-2-6-10-17;1-2-4-10(5-3-1)13-11-6-7-12(13)9-8-11/h1-10,18,20-21,23H,11-15H2;1-9,13H. The number of aliphatic hydroxyl groups is 1. The van der Waals surface area contributed by atoms with E-state index in [1.807, 2.05) is 60.7 Å². The number of aliphatic hydroxyl groups excluding tert-OH is 1. The highest BCUT2D eigenvalue weighted by atomic mass is 16.5. The molecular formula is C33H34N2O3. The van der Waals surface area contributed by atoms with Crippen molar-refractivity contribution in [3.63, 3.8) is 0 Å². The Hall–Kier alpha value is -3.77. The lowest BCUT2D eigenvalue weighted by Crippen LogP contribution is -2.54. The summed E-state index contributed by atoms with van der Waals surface area (Å²) < 4.78 is 6.02. The lowest BCUT2D eigenvalue weighted by molar-refractivity contribution is -0.139. The Kier molecular flexibility index (Phi) is 8.61. The maximum absolute atomic E-state index is 12.5. The second kappa shape index (κ2) is 12.7. The van der Waals surface area contributed by atoms with Crippen molar-refractivity contribution in [1.82, 2.24) is 10.2 Å². The lowest BCUT2D eigenvalue weighted by Gasteiger charge is -2.33. The largest absolute Gasteiger partial charge is 0.395 e. The molecule has 6 rings (SSSR count). The SMILES string of the molecule is C1=CC2=CC=C1C2c1ccccc1.O=C(COC(c1ccccc1)c1ccccc1)N1CCNC(CO)C1. The highest BCUT2D eigenvalue weighted by molar-refractivity contribution is 5.77. The monoisotopic (exact) mass is 506 g/mol. The van der Waals surface area contributed by atoms with Crippen LogP contribution in [0.15, 0.2) is 126 Å². The van der Waals surface area contributed by atoms with Crippen molar-refractivity contribution in [3.05, 3.63) is 143 Å². The van der Waals surface area contributed by atoms with Gasteiger partial charge in [-0.15, -0.1) is 0 Å². The number of piperazine rings is 1. The summed E-state index contributed by atoms with van der Waals surface area (Å²) in [6, 6.07) is 30.5. The predicted octanol–water partition coefficient (Wildman–Crippen LogP) is 4.79. The number of fused-ring (bicyclic) bond motifs is 2. The summed E-state index contributed by atoms with van der Waals surface area (Å²) in [5.41, 5.74) is 6.31. The summed E-state index contributed by atoms with van der Waals surface area (Å²) in [6.07, 6.45) is 8.59. The van der Waals surface area contributed by atoms with Crippen molar-refractivity contribution in [2.24, 2.45) is 0 Å². The van der Waals surface area contributed by atoms with E-state index >= 15 is 0 Å². The normalized spacial score (nSPS) is 18.2. The molecule has 2 N–H and O–H groups in total. The smallest absolute Gasteiger partial charge is 0.248 e. The molecule has 3 aromatic carbocycles. The van der Waals surface area contributed by atoms with Crippen LogP contribution in [0.4, 0.5) is 0 Å². The molecule has 5 nitrogen and oxygen atoms in total. The highest BCUT2D eigenvalue weighted by Gasteiger charge is 2.26. The second-order valence-electron chi connectivity index (χ2n) is 9.70. The fourth-order valence-corrected chi connectivity index (χ4v) is 5.16. The van der Waals surface area contributed by atoms with Crippen LogP contribution in [0.2, 0.25) is 0 Å². The van der Waals surface area contributed by atoms with Gasteiger partial charge in [-0.2, -0.15) is 0 Å². The number of rotatable bonds is 7. The summed E-state index contributed by atoms with van der Waals surface area (Å²) in [6.45, 7) is 1.89. The van der Waals surface area contributed by atoms with E-state index in [0.717, 1.165) is 11.1 Å². The van der Waals surface area contributed by atoms with Crippen molar-refractivity contribution in [2.75, 3.05) is 32.8 Å². The number of hydrogen-bond acceptors (Lipinski definition) is 4. The predicted molar refractivity (Wildman–Crippen MR) is 151 cm³/mol. The first-order valence-corrected chi connectivity index (χ1v) is 13.2. The van der Waals surface area contributed by atoms with Crippen LogP contribution in [-0.2, 0) is 9.53 Å². The maximum Gasteiger partial charge on any atom is 0.248 e. The molecule has 1 aliphatic heterocycles. The number of allylic oxidation sites excluding steroid dienone is 6. The fourth-order valence-electron chi connectivity index (χ4n) is 5.16. The quantitative estimate of drug-likeness (QED) is 0.484. The molecule has 0 radical (unpaired) electrons. The Bertz CT molecular complexity index is 1220. The molecule has 1 heterocycles. The van der Waals surface area contributed by atoms with Gasteiger partial charge in [0.25, 0.3) is 0 Å². The van der Waals surface area contributed by atoms with Crippen LogP contribution in [0, 0.1) is 0 Å². The van der Waals surface area contributed by atoms with Crippen molar-refractivity contribution >= 4 is 5.91 Å². The molecule has 1 saturated heterocycles. The third-order valence-corrected chi connectivity index (χ3v) is 7.14. The Labute approximate surface area is 224 Å². The van der Waals surface area contributed by atoms with Gasteiger partial charge < -0.3 is 20.1 Å². The molecule has 0 aromatic heterocycles. The minimum atomic E-state index is -0.275. The van der Waals surface area contributed by atoms with Gasteiger partial charge in [0, 0.05) is 31.6 Å². The Morgan fingerprint density at radius 3 is 1.95 bits per heavy atom. The Morgan fingerprint density at radius 1 is 0.868 bits per heavy atom. The molecule has 3 aromatic rings. The van der Waals surface area contributed by atoms with Gasteiger partial charge >= 0.3 is 0 Å². The zero-order chi connectivity index (χ0) is 26.2. The van der Waals surface area contributed by atoms with Crippen LogP contribution < -0.4 is 5.32 Å². The summed E-state index contributed by atoms with van der Waals surface area (Å²) in [5.74, 6) is 0.484. The van der Waals surface area contributed by atoms with Crippen LogP contribution in [-0.4, -0.2) is 54.8 Å². The zero-order valence-electron chi connectivity index (χ0n) is 21.4. The van der Waals surface area contributed by atoms with Gasteiger partial charge in [0.15, 0.2) is 0 Å². The molecule has 1 unspecified atom stereocenters. The first-order chi connectivity index (χ1) is 18.7. The third kappa shape index (κ3) is 6.20. The van der Waals surface area contributed by atoms with E-state index in [4.69, 9.17) is 4.74 Å². The number of hydrogen-bond donors (Lipinski definition) is 2. The van der Waals surface area contributed by atoms with Crippen molar-refractivity contribution in [2.45, 2.75) is 18.1 Å². The number of carbonyl (C=O) groups is 1. The van der Waals surface area contributed by atoms with Crippen molar-refractivity contribution < 1.29 is 14.6 Å². The average molecular weight is 507 g/mol. The van der Waals surface area contributed by atoms with Gasteiger partial charge in [0.2, 0.25) is 5.91 Å². The van der Waals surface area contributed by atoms with Crippen LogP contribution in [0.25, 0.3) is 0 Å². The molecule has 1 amide bonds. The van der Waals surface area contributed by atoms with Crippen LogP contribution in [0.5, 0.6) is 0 Å². The molecule has 2 bridgehead atoms. The molecule has 0 spiro atoms. The van der Waals surface area contributed by atoms with E-state index in [2.05, 4.69) is 60.0 Å². The fraction of sp³-hybridized carbons (Fsp3) is 0.242. The Balaban J connectivity index is 0.000000187.